The number of benzene rings is 2. The van der Waals surface area contributed by atoms with Gasteiger partial charge in [-0.15, -0.1) is 11.3 Å². The van der Waals surface area contributed by atoms with Gasteiger partial charge in [-0.05, 0) is 48.2 Å². The van der Waals surface area contributed by atoms with Crippen LogP contribution < -0.4 is 15.8 Å². The molecule has 1 saturated heterocycles. The molecule has 0 saturated carbocycles. The molecule has 1 unspecified atom stereocenters. The molecule has 2 amide bonds. The van der Waals surface area contributed by atoms with Crippen LogP contribution in [0, 0.1) is 12.8 Å². The van der Waals surface area contributed by atoms with Crippen molar-refractivity contribution in [3.63, 3.8) is 0 Å². The summed E-state index contributed by atoms with van der Waals surface area (Å²) in [7, 11) is 0. The van der Waals surface area contributed by atoms with Gasteiger partial charge >= 0.3 is 0 Å². The zero-order valence-electron chi connectivity index (χ0n) is 22.0. The molecule has 6 rings (SSSR count). The maximum atomic E-state index is 13.4. The van der Waals surface area contributed by atoms with Gasteiger partial charge in [-0.3, -0.25) is 19.4 Å². The van der Waals surface area contributed by atoms with Gasteiger partial charge in [0.1, 0.15) is 11.5 Å². The zero-order chi connectivity index (χ0) is 28.5. The summed E-state index contributed by atoms with van der Waals surface area (Å²) in [5, 5.41) is 10.1. The quantitative estimate of drug-likeness (QED) is 0.272. The molecule has 206 valence electrons. The number of nitrogens with one attached hydrogen (secondary N) is 2. The second-order valence-corrected chi connectivity index (χ2v) is 11.2. The lowest BCUT2D eigenvalue weighted by molar-refractivity contribution is -0.122. The number of hydrogen-bond acceptors (Lipinski definition) is 6. The van der Waals surface area contributed by atoms with Crippen LogP contribution in [0.2, 0.25) is 5.02 Å². The van der Waals surface area contributed by atoms with Crippen LogP contribution in [0.4, 0.5) is 11.5 Å². The molecular formula is C30H25ClN6O3S. The molecule has 4 heterocycles. The Labute approximate surface area is 244 Å². The highest BCUT2D eigenvalue weighted by molar-refractivity contribution is 7.13. The first-order chi connectivity index (χ1) is 19.9. The monoisotopic (exact) mass is 584 g/mol. The third kappa shape index (κ3) is 5.57. The maximum Gasteiger partial charge on any atom is 0.256 e. The van der Waals surface area contributed by atoms with E-state index in [1.807, 2.05) is 47.8 Å². The minimum Gasteiger partial charge on any atom is -0.312 e. The summed E-state index contributed by atoms with van der Waals surface area (Å²) in [6.45, 7) is 2.02. The standard InChI is InChI=1S/C30H25ClN6O3S/c1-18-23(14-19-6-3-2-4-7-19)29(40)34-30(32-18)37-26(16-24(35-37)25-8-5-13-41-25)33-28(39)20-15-27(38)36(17-20)22-11-9-21(31)10-12-22/h2-13,16,20H,14-15,17H2,1H3,(H,33,39)(H,32,34,40). The van der Waals surface area contributed by atoms with Gasteiger partial charge in [-0.2, -0.15) is 9.78 Å². The predicted octanol–water partition coefficient (Wildman–Crippen LogP) is 5.23. The summed E-state index contributed by atoms with van der Waals surface area (Å²) >= 11 is 7.50. The molecule has 9 nitrogen and oxygen atoms in total. The molecule has 0 aliphatic carbocycles. The van der Waals surface area contributed by atoms with Crippen molar-refractivity contribution in [3.05, 3.63) is 110 Å². The molecule has 2 aromatic carbocycles. The van der Waals surface area contributed by atoms with Crippen molar-refractivity contribution in [2.45, 2.75) is 19.8 Å². The lowest BCUT2D eigenvalue weighted by Crippen LogP contribution is -2.29. The number of aromatic amines is 1. The summed E-state index contributed by atoms with van der Waals surface area (Å²) in [5.41, 5.74) is 3.16. The molecule has 3 aromatic heterocycles. The normalized spacial score (nSPS) is 14.9. The van der Waals surface area contributed by atoms with Gasteiger partial charge in [0, 0.05) is 41.7 Å². The first-order valence-electron chi connectivity index (χ1n) is 13.0. The number of carbonyl (C=O) groups is 2. The van der Waals surface area contributed by atoms with Crippen LogP contribution in [0.1, 0.15) is 23.2 Å². The van der Waals surface area contributed by atoms with E-state index in [9.17, 15) is 14.4 Å². The van der Waals surface area contributed by atoms with E-state index in [0.29, 0.717) is 39.9 Å². The number of thiophene rings is 1. The lowest BCUT2D eigenvalue weighted by atomic mass is 10.1. The van der Waals surface area contributed by atoms with E-state index >= 15 is 0 Å². The Morgan fingerprint density at radius 1 is 1.10 bits per heavy atom. The smallest absolute Gasteiger partial charge is 0.256 e. The lowest BCUT2D eigenvalue weighted by Gasteiger charge is -2.17. The highest BCUT2D eigenvalue weighted by Crippen LogP contribution is 2.30. The largest absolute Gasteiger partial charge is 0.312 e. The number of anilines is 2. The maximum absolute atomic E-state index is 13.4. The Bertz CT molecular complexity index is 1780. The highest BCUT2D eigenvalue weighted by Gasteiger charge is 2.35. The van der Waals surface area contributed by atoms with Crippen LogP contribution in [-0.4, -0.2) is 38.1 Å². The summed E-state index contributed by atoms with van der Waals surface area (Å²) < 4.78 is 1.43. The van der Waals surface area contributed by atoms with Crippen molar-refractivity contribution < 1.29 is 9.59 Å². The van der Waals surface area contributed by atoms with E-state index in [4.69, 9.17) is 11.6 Å². The fourth-order valence-electron chi connectivity index (χ4n) is 4.86. The van der Waals surface area contributed by atoms with Crippen LogP contribution in [0.15, 0.2) is 83.0 Å². The first kappa shape index (κ1) is 26.7. The van der Waals surface area contributed by atoms with Gasteiger partial charge in [-0.25, -0.2) is 4.98 Å². The van der Waals surface area contributed by atoms with Crippen molar-refractivity contribution in [2.75, 3.05) is 16.8 Å². The summed E-state index contributed by atoms with van der Waals surface area (Å²) in [5.74, 6) is -0.514. The molecular weight excluding hydrogens is 560 g/mol. The second-order valence-electron chi connectivity index (χ2n) is 9.79. The van der Waals surface area contributed by atoms with E-state index in [2.05, 4.69) is 20.4 Å². The molecule has 0 spiro atoms. The minimum atomic E-state index is -0.575. The Balaban J connectivity index is 1.29. The van der Waals surface area contributed by atoms with Gasteiger partial charge in [0.05, 0.1) is 16.5 Å². The molecule has 1 aliphatic rings. The van der Waals surface area contributed by atoms with Gasteiger partial charge in [0.15, 0.2) is 0 Å². The topological polar surface area (TPSA) is 113 Å². The number of H-pyrrole nitrogens is 1. The van der Waals surface area contributed by atoms with Crippen LogP contribution >= 0.6 is 22.9 Å². The third-order valence-electron chi connectivity index (χ3n) is 7.00. The Kier molecular flexibility index (Phi) is 7.25. The molecule has 0 bridgehead atoms. The van der Waals surface area contributed by atoms with Crippen molar-refractivity contribution in [2.24, 2.45) is 5.92 Å². The summed E-state index contributed by atoms with van der Waals surface area (Å²) in [6.07, 6.45) is 0.515. The fraction of sp³-hybridized carbons (Fsp3) is 0.167. The zero-order valence-corrected chi connectivity index (χ0v) is 23.6. The number of hydrogen-bond donors (Lipinski definition) is 2. The third-order valence-corrected chi connectivity index (χ3v) is 8.15. The van der Waals surface area contributed by atoms with E-state index in [1.165, 1.54) is 16.0 Å². The number of rotatable bonds is 7. The molecule has 1 fully saturated rings. The summed E-state index contributed by atoms with van der Waals surface area (Å²) in [4.78, 5) is 49.3. The van der Waals surface area contributed by atoms with E-state index in [-0.39, 0.29) is 36.3 Å². The SMILES string of the molecule is Cc1nc(-n2nc(-c3cccs3)cc2NC(=O)C2CC(=O)N(c3ccc(Cl)cc3)C2)[nH]c(=O)c1Cc1ccccc1. The van der Waals surface area contributed by atoms with Crippen LogP contribution in [0.3, 0.4) is 0 Å². The average molecular weight is 585 g/mol. The first-order valence-corrected chi connectivity index (χ1v) is 14.3. The molecule has 0 radical (unpaired) electrons. The minimum absolute atomic E-state index is 0.0722. The molecule has 41 heavy (non-hydrogen) atoms. The van der Waals surface area contributed by atoms with Crippen molar-refractivity contribution in [3.8, 4) is 16.5 Å². The van der Waals surface area contributed by atoms with Crippen LogP contribution in [0.5, 0.6) is 0 Å². The molecule has 1 atom stereocenters. The molecule has 1 aliphatic heterocycles. The molecule has 5 aromatic rings. The number of aryl methyl sites for hydroxylation is 1. The number of nitrogens with zero attached hydrogens (tertiary/aromatic N) is 4. The van der Waals surface area contributed by atoms with Crippen LogP contribution in [-0.2, 0) is 16.0 Å². The van der Waals surface area contributed by atoms with Crippen molar-refractivity contribution >= 4 is 46.3 Å². The average Bonchev–Trinajstić information content (AvgIpc) is 3.72. The van der Waals surface area contributed by atoms with Gasteiger partial charge in [0.25, 0.3) is 5.56 Å². The summed E-state index contributed by atoms with van der Waals surface area (Å²) in [6, 6.07) is 22.2. The van der Waals surface area contributed by atoms with Gasteiger partial charge < -0.3 is 10.2 Å². The van der Waals surface area contributed by atoms with Crippen molar-refractivity contribution in [1.82, 2.24) is 19.7 Å². The number of aromatic nitrogens is 4. The second kappa shape index (κ2) is 11.1. The fourth-order valence-corrected chi connectivity index (χ4v) is 5.67. The van der Waals surface area contributed by atoms with E-state index in [1.54, 1.807) is 42.2 Å². The number of amides is 2. The van der Waals surface area contributed by atoms with E-state index in [0.717, 1.165) is 10.4 Å². The Morgan fingerprint density at radius 2 is 1.88 bits per heavy atom. The molecule has 11 heteroatoms. The van der Waals surface area contributed by atoms with Crippen LogP contribution in [0.25, 0.3) is 16.5 Å². The number of halogens is 1. The van der Waals surface area contributed by atoms with Gasteiger partial charge in [0.2, 0.25) is 17.8 Å². The number of carbonyl (C=O) groups excluding carboxylic acids is 2. The van der Waals surface area contributed by atoms with Crippen molar-refractivity contribution in [1.29, 1.82) is 0 Å². The van der Waals surface area contributed by atoms with Gasteiger partial charge in [-0.1, -0.05) is 48.0 Å². The van der Waals surface area contributed by atoms with E-state index < -0.39 is 5.92 Å². The highest BCUT2D eigenvalue weighted by atomic mass is 35.5. The Morgan fingerprint density at radius 3 is 2.59 bits per heavy atom. The molecule has 2 N–H and O–H groups in total. The Hall–Kier alpha value is -4.54. The predicted molar refractivity (Wildman–Crippen MR) is 160 cm³/mol.